The summed E-state index contributed by atoms with van der Waals surface area (Å²) in [6.07, 6.45) is 0.913. The van der Waals surface area contributed by atoms with Crippen molar-refractivity contribution < 1.29 is 8.42 Å². The molecule has 1 aromatic rings. The number of hydrogen-bond donors (Lipinski definition) is 2. The lowest BCUT2D eigenvalue weighted by atomic mass is 10.1. The Morgan fingerprint density at radius 3 is 2.35 bits per heavy atom. The van der Waals surface area contributed by atoms with Crippen molar-refractivity contribution in [3.05, 3.63) is 29.8 Å². The molecule has 0 spiro atoms. The van der Waals surface area contributed by atoms with E-state index in [0.29, 0.717) is 4.90 Å². The molecule has 0 heterocycles. The van der Waals surface area contributed by atoms with E-state index in [0.717, 1.165) is 12.0 Å². The summed E-state index contributed by atoms with van der Waals surface area (Å²) in [5, 5.41) is 3.19. The molecule has 0 radical (unpaired) electrons. The van der Waals surface area contributed by atoms with Crippen LogP contribution >= 0.6 is 0 Å². The summed E-state index contributed by atoms with van der Waals surface area (Å²) in [5.74, 6) is 0.258. The van der Waals surface area contributed by atoms with Crippen LogP contribution in [0.2, 0.25) is 0 Å². The van der Waals surface area contributed by atoms with Crippen LogP contribution in [0.3, 0.4) is 0 Å². The molecule has 1 aromatic carbocycles. The van der Waals surface area contributed by atoms with Gasteiger partial charge in [-0.3, -0.25) is 0 Å². The summed E-state index contributed by atoms with van der Waals surface area (Å²) in [4.78, 5) is 0.330. The number of benzene rings is 1. The van der Waals surface area contributed by atoms with E-state index in [1.54, 1.807) is 18.2 Å². The van der Waals surface area contributed by atoms with E-state index in [1.807, 2.05) is 33.9 Å². The highest BCUT2D eigenvalue weighted by molar-refractivity contribution is 7.89. The second-order valence-corrected chi connectivity index (χ2v) is 7.19. The minimum atomic E-state index is -3.45. The Hall–Kier alpha value is -0.910. The lowest BCUT2D eigenvalue weighted by Crippen LogP contribution is -2.36. The molecule has 0 bridgehead atoms. The van der Waals surface area contributed by atoms with E-state index in [-0.39, 0.29) is 18.0 Å². The highest BCUT2D eigenvalue weighted by Crippen LogP contribution is 2.20. The topological polar surface area (TPSA) is 58.2 Å². The van der Waals surface area contributed by atoms with Crippen molar-refractivity contribution >= 4 is 10.0 Å². The zero-order chi connectivity index (χ0) is 15.3. The van der Waals surface area contributed by atoms with Crippen molar-refractivity contribution in [3.63, 3.8) is 0 Å². The van der Waals surface area contributed by atoms with Gasteiger partial charge in [0, 0.05) is 12.1 Å². The van der Waals surface area contributed by atoms with Crippen LogP contribution in [0.15, 0.2) is 29.2 Å². The average Bonchev–Trinajstić information content (AvgIpc) is 2.40. The van der Waals surface area contributed by atoms with Crippen LogP contribution in [-0.2, 0) is 10.0 Å². The molecule has 0 amide bonds. The van der Waals surface area contributed by atoms with Gasteiger partial charge < -0.3 is 5.32 Å². The molecule has 4 nitrogen and oxygen atoms in total. The highest BCUT2D eigenvalue weighted by atomic mass is 32.2. The molecule has 0 saturated heterocycles. The Morgan fingerprint density at radius 1 is 1.20 bits per heavy atom. The van der Waals surface area contributed by atoms with Crippen LogP contribution in [0.1, 0.15) is 45.7 Å². The van der Waals surface area contributed by atoms with Crippen LogP contribution in [0.4, 0.5) is 0 Å². The Kier molecular flexibility index (Phi) is 6.17. The van der Waals surface area contributed by atoms with Gasteiger partial charge in [-0.2, -0.15) is 0 Å². The normalized spacial score (nSPS) is 15.3. The van der Waals surface area contributed by atoms with Gasteiger partial charge in [-0.05, 0) is 44.0 Å². The molecular formula is C15H26N2O2S. The molecule has 114 valence electrons. The Bertz CT molecular complexity index is 522. The van der Waals surface area contributed by atoms with Crippen LogP contribution in [0.5, 0.6) is 0 Å². The van der Waals surface area contributed by atoms with Gasteiger partial charge in [-0.25, -0.2) is 13.1 Å². The molecular weight excluding hydrogens is 272 g/mol. The first-order valence-corrected chi connectivity index (χ1v) is 8.59. The van der Waals surface area contributed by atoms with Crippen molar-refractivity contribution in [2.75, 3.05) is 7.05 Å². The van der Waals surface area contributed by atoms with Gasteiger partial charge in [0.05, 0.1) is 4.90 Å². The fourth-order valence-electron chi connectivity index (χ4n) is 1.95. The Morgan fingerprint density at radius 2 is 1.85 bits per heavy atom. The summed E-state index contributed by atoms with van der Waals surface area (Å²) < 4.78 is 27.5. The lowest BCUT2D eigenvalue weighted by molar-refractivity contribution is 0.476. The van der Waals surface area contributed by atoms with Crippen LogP contribution in [0, 0.1) is 5.92 Å². The van der Waals surface area contributed by atoms with E-state index in [1.165, 1.54) is 0 Å². The standard InChI is InChI=1S/C15H26N2O2S/c1-6-15(16-5)13-8-7-9-14(10-13)20(18,19)17-12(4)11(2)3/h7-12,15-17H,6H2,1-5H3. The Balaban J connectivity index is 3.04. The Labute approximate surface area is 123 Å². The number of sulfonamides is 1. The molecule has 0 aliphatic heterocycles. The van der Waals surface area contributed by atoms with E-state index in [4.69, 9.17) is 0 Å². The van der Waals surface area contributed by atoms with E-state index in [2.05, 4.69) is 17.0 Å². The predicted molar refractivity (Wildman–Crippen MR) is 83.2 cm³/mol. The molecule has 1 rings (SSSR count). The monoisotopic (exact) mass is 298 g/mol. The molecule has 0 saturated carbocycles. The highest BCUT2D eigenvalue weighted by Gasteiger charge is 2.20. The third-order valence-electron chi connectivity index (χ3n) is 3.67. The molecule has 0 aromatic heterocycles. The fraction of sp³-hybridized carbons (Fsp3) is 0.600. The van der Waals surface area contributed by atoms with E-state index >= 15 is 0 Å². The molecule has 0 aliphatic rings. The van der Waals surface area contributed by atoms with Gasteiger partial charge >= 0.3 is 0 Å². The minimum Gasteiger partial charge on any atom is -0.313 e. The summed E-state index contributed by atoms with van der Waals surface area (Å²) in [5.41, 5.74) is 0.995. The summed E-state index contributed by atoms with van der Waals surface area (Å²) in [6.45, 7) is 7.95. The SMILES string of the molecule is CCC(NC)c1cccc(S(=O)(=O)NC(C)C(C)C)c1. The molecule has 2 N–H and O–H groups in total. The van der Waals surface area contributed by atoms with Gasteiger partial charge in [-0.15, -0.1) is 0 Å². The first kappa shape index (κ1) is 17.1. The van der Waals surface area contributed by atoms with Crippen molar-refractivity contribution in [3.8, 4) is 0 Å². The number of rotatable bonds is 7. The third-order valence-corrected chi connectivity index (χ3v) is 5.23. The second-order valence-electron chi connectivity index (χ2n) is 5.48. The second kappa shape index (κ2) is 7.20. The quantitative estimate of drug-likeness (QED) is 0.813. The zero-order valence-electron chi connectivity index (χ0n) is 13.0. The maximum Gasteiger partial charge on any atom is 0.240 e. The van der Waals surface area contributed by atoms with Crippen molar-refractivity contribution in [1.82, 2.24) is 10.0 Å². The first-order chi connectivity index (χ1) is 9.31. The molecule has 20 heavy (non-hydrogen) atoms. The smallest absolute Gasteiger partial charge is 0.240 e. The minimum absolute atomic E-state index is 0.0880. The van der Waals surface area contributed by atoms with Gasteiger partial charge in [0.2, 0.25) is 10.0 Å². The van der Waals surface area contributed by atoms with E-state index in [9.17, 15) is 8.42 Å². The number of hydrogen-bond acceptors (Lipinski definition) is 3. The van der Waals surface area contributed by atoms with Gasteiger partial charge in [-0.1, -0.05) is 32.9 Å². The van der Waals surface area contributed by atoms with Crippen LogP contribution in [0.25, 0.3) is 0 Å². The predicted octanol–water partition coefficient (Wildman–Crippen LogP) is 2.68. The zero-order valence-corrected chi connectivity index (χ0v) is 13.8. The molecule has 0 aliphatic carbocycles. The van der Waals surface area contributed by atoms with Gasteiger partial charge in [0.15, 0.2) is 0 Å². The maximum absolute atomic E-state index is 12.4. The largest absolute Gasteiger partial charge is 0.313 e. The first-order valence-electron chi connectivity index (χ1n) is 7.11. The van der Waals surface area contributed by atoms with Gasteiger partial charge in [0.25, 0.3) is 0 Å². The molecule has 0 fully saturated rings. The average molecular weight is 298 g/mol. The van der Waals surface area contributed by atoms with E-state index < -0.39 is 10.0 Å². The van der Waals surface area contributed by atoms with Crippen molar-refractivity contribution in [2.45, 2.75) is 51.1 Å². The molecule has 5 heteroatoms. The van der Waals surface area contributed by atoms with Gasteiger partial charge in [0.1, 0.15) is 0 Å². The third kappa shape index (κ3) is 4.30. The lowest BCUT2D eigenvalue weighted by Gasteiger charge is -2.19. The summed E-state index contributed by atoms with van der Waals surface area (Å²) >= 11 is 0. The number of nitrogens with one attached hydrogen (secondary N) is 2. The fourth-order valence-corrected chi connectivity index (χ4v) is 3.40. The van der Waals surface area contributed by atoms with Crippen LogP contribution in [-0.4, -0.2) is 21.5 Å². The molecule has 2 atom stereocenters. The van der Waals surface area contributed by atoms with Crippen LogP contribution < -0.4 is 10.0 Å². The summed E-state index contributed by atoms with van der Waals surface area (Å²) in [7, 11) is -1.57. The van der Waals surface area contributed by atoms with Crippen molar-refractivity contribution in [2.24, 2.45) is 5.92 Å². The molecule has 2 unspecified atom stereocenters. The summed E-state index contributed by atoms with van der Waals surface area (Å²) in [6, 6.07) is 7.23. The van der Waals surface area contributed by atoms with Crippen molar-refractivity contribution in [1.29, 1.82) is 0 Å². The maximum atomic E-state index is 12.4.